The summed E-state index contributed by atoms with van der Waals surface area (Å²) in [7, 11) is 0. The normalized spacial score (nSPS) is 24.4. The largest absolute Gasteiger partial charge is 0.342 e. The van der Waals surface area contributed by atoms with E-state index in [2.05, 4.69) is 26.0 Å². The third-order valence-corrected chi connectivity index (χ3v) is 4.33. The maximum absolute atomic E-state index is 13.0. The van der Waals surface area contributed by atoms with Gasteiger partial charge in [0.1, 0.15) is 0 Å². The van der Waals surface area contributed by atoms with Gasteiger partial charge < -0.3 is 10.6 Å². The fourth-order valence-corrected chi connectivity index (χ4v) is 3.23. The summed E-state index contributed by atoms with van der Waals surface area (Å²) in [5.41, 5.74) is 6.65. The molecule has 2 rings (SSSR count). The van der Waals surface area contributed by atoms with Gasteiger partial charge in [-0.15, -0.1) is 0 Å². The molecule has 1 amide bonds. The SMILES string of the molecule is CCCN(CCC)C(=O)[C@]1(c2ccccc2)C[C@@H]1CN. The van der Waals surface area contributed by atoms with Crippen molar-refractivity contribution in [2.45, 2.75) is 38.5 Å². The zero-order chi connectivity index (χ0) is 14.6. The van der Waals surface area contributed by atoms with Crippen molar-refractivity contribution in [3.05, 3.63) is 35.9 Å². The summed E-state index contributed by atoms with van der Waals surface area (Å²) in [6.45, 7) is 6.53. The molecule has 110 valence electrons. The molecule has 1 saturated carbocycles. The Kier molecular flexibility index (Phi) is 4.81. The predicted octanol–water partition coefficient (Wildman–Crippen LogP) is 2.55. The van der Waals surface area contributed by atoms with Crippen LogP contribution in [0.25, 0.3) is 0 Å². The van der Waals surface area contributed by atoms with Crippen molar-refractivity contribution in [3.8, 4) is 0 Å². The molecule has 1 aliphatic carbocycles. The first-order valence-corrected chi connectivity index (χ1v) is 7.75. The molecule has 1 aromatic carbocycles. The first-order chi connectivity index (χ1) is 9.70. The van der Waals surface area contributed by atoms with Crippen molar-refractivity contribution in [2.75, 3.05) is 19.6 Å². The predicted molar refractivity (Wildman–Crippen MR) is 82.4 cm³/mol. The minimum Gasteiger partial charge on any atom is -0.342 e. The molecule has 0 spiro atoms. The van der Waals surface area contributed by atoms with Gasteiger partial charge in [0.15, 0.2) is 0 Å². The lowest BCUT2D eigenvalue weighted by Crippen LogP contribution is -2.42. The van der Waals surface area contributed by atoms with Crippen molar-refractivity contribution in [1.82, 2.24) is 4.90 Å². The van der Waals surface area contributed by atoms with Crippen LogP contribution >= 0.6 is 0 Å². The third-order valence-electron chi connectivity index (χ3n) is 4.33. The molecule has 0 heterocycles. The van der Waals surface area contributed by atoms with Crippen LogP contribution in [0, 0.1) is 5.92 Å². The molecule has 0 saturated heterocycles. The molecule has 1 aromatic rings. The Morgan fingerprint density at radius 3 is 2.30 bits per heavy atom. The topological polar surface area (TPSA) is 46.3 Å². The summed E-state index contributed by atoms with van der Waals surface area (Å²) < 4.78 is 0. The van der Waals surface area contributed by atoms with Gasteiger partial charge in [-0.1, -0.05) is 44.2 Å². The Balaban J connectivity index is 2.27. The summed E-state index contributed by atoms with van der Waals surface area (Å²) in [6.07, 6.45) is 2.91. The fourth-order valence-electron chi connectivity index (χ4n) is 3.23. The van der Waals surface area contributed by atoms with Gasteiger partial charge in [-0.2, -0.15) is 0 Å². The molecular weight excluding hydrogens is 248 g/mol. The molecule has 3 heteroatoms. The number of hydrogen-bond donors (Lipinski definition) is 1. The fraction of sp³-hybridized carbons (Fsp3) is 0.588. The maximum atomic E-state index is 13.0. The van der Waals surface area contributed by atoms with Crippen LogP contribution < -0.4 is 5.73 Å². The second-order valence-corrected chi connectivity index (χ2v) is 5.77. The summed E-state index contributed by atoms with van der Waals surface area (Å²) >= 11 is 0. The maximum Gasteiger partial charge on any atom is 0.233 e. The number of benzene rings is 1. The lowest BCUT2D eigenvalue weighted by Gasteiger charge is -2.28. The first-order valence-electron chi connectivity index (χ1n) is 7.75. The number of carbonyl (C=O) groups is 1. The minimum atomic E-state index is -0.347. The van der Waals surface area contributed by atoms with Crippen molar-refractivity contribution in [2.24, 2.45) is 11.7 Å². The van der Waals surface area contributed by atoms with E-state index in [1.807, 2.05) is 23.1 Å². The number of rotatable bonds is 7. The van der Waals surface area contributed by atoms with E-state index in [0.29, 0.717) is 12.5 Å². The summed E-state index contributed by atoms with van der Waals surface area (Å²) in [5.74, 6) is 0.580. The first kappa shape index (κ1) is 15.0. The molecule has 20 heavy (non-hydrogen) atoms. The third kappa shape index (κ3) is 2.59. The minimum absolute atomic E-state index is 0.280. The monoisotopic (exact) mass is 274 g/mol. The van der Waals surface area contributed by atoms with Gasteiger partial charge >= 0.3 is 0 Å². The Morgan fingerprint density at radius 1 is 1.25 bits per heavy atom. The van der Waals surface area contributed by atoms with Gasteiger partial charge in [-0.25, -0.2) is 0 Å². The molecule has 1 fully saturated rings. The number of nitrogens with zero attached hydrogens (tertiary/aromatic N) is 1. The number of amides is 1. The highest BCUT2D eigenvalue weighted by atomic mass is 16.2. The molecular formula is C17H26N2O. The zero-order valence-electron chi connectivity index (χ0n) is 12.6. The lowest BCUT2D eigenvalue weighted by molar-refractivity contribution is -0.134. The lowest BCUT2D eigenvalue weighted by atomic mass is 9.91. The quantitative estimate of drug-likeness (QED) is 0.830. The Labute approximate surface area is 122 Å². The highest BCUT2D eigenvalue weighted by Crippen LogP contribution is 2.54. The van der Waals surface area contributed by atoms with E-state index in [0.717, 1.165) is 37.9 Å². The smallest absolute Gasteiger partial charge is 0.233 e. The van der Waals surface area contributed by atoms with Gasteiger partial charge in [0.05, 0.1) is 5.41 Å². The van der Waals surface area contributed by atoms with Crippen molar-refractivity contribution in [3.63, 3.8) is 0 Å². The summed E-state index contributed by atoms with van der Waals surface area (Å²) in [4.78, 5) is 15.1. The molecule has 0 aliphatic heterocycles. The highest BCUT2D eigenvalue weighted by Gasteiger charge is 2.61. The van der Waals surface area contributed by atoms with Crippen LogP contribution in [0.15, 0.2) is 30.3 Å². The molecule has 0 aromatic heterocycles. The molecule has 2 N–H and O–H groups in total. The second-order valence-electron chi connectivity index (χ2n) is 5.77. The molecule has 3 nitrogen and oxygen atoms in total. The van der Waals surface area contributed by atoms with E-state index in [1.165, 1.54) is 0 Å². The summed E-state index contributed by atoms with van der Waals surface area (Å²) in [6, 6.07) is 10.2. The highest BCUT2D eigenvalue weighted by molar-refractivity contribution is 5.92. The van der Waals surface area contributed by atoms with E-state index >= 15 is 0 Å². The Morgan fingerprint density at radius 2 is 1.85 bits per heavy atom. The van der Waals surface area contributed by atoms with Crippen molar-refractivity contribution < 1.29 is 4.79 Å². The second kappa shape index (κ2) is 6.40. The average Bonchev–Trinajstić information content (AvgIpc) is 3.23. The Hall–Kier alpha value is -1.35. The Bertz CT molecular complexity index is 440. The van der Waals surface area contributed by atoms with Crippen LogP contribution in [-0.2, 0) is 10.2 Å². The molecule has 2 atom stereocenters. The van der Waals surface area contributed by atoms with Gasteiger partial charge in [0, 0.05) is 13.1 Å². The number of hydrogen-bond acceptors (Lipinski definition) is 2. The average molecular weight is 274 g/mol. The standard InChI is InChI=1S/C17H26N2O/c1-3-10-19(11-4-2)16(20)17(12-15(17)13-18)14-8-6-5-7-9-14/h5-9,15H,3-4,10-13,18H2,1-2H3/t15-,17+/m1/s1. The van der Waals surface area contributed by atoms with Gasteiger partial charge in [-0.3, -0.25) is 4.79 Å². The van der Waals surface area contributed by atoms with Crippen LogP contribution in [0.5, 0.6) is 0 Å². The van der Waals surface area contributed by atoms with Gasteiger partial charge in [-0.05, 0) is 37.3 Å². The molecule has 0 bridgehead atoms. The van der Waals surface area contributed by atoms with Crippen LogP contribution in [0.3, 0.4) is 0 Å². The van der Waals surface area contributed by atoms with E-state index in [9.17, 15) is 4.79 Å². The number of carbonyl (C=O) groups excluding carboxylic acids is 1. The van der Waals surface area contributed by atoms with E-state index < -0.39 is 0 Å². The van der Waals surface area contributed by atoms with Crippen LogP contribution in [0.4, 0.5) is 0 Å². The molecule has 0 radical (unpaired) electrons. The molecule has 1 aliphatic rings. The van der Waals surface area contributed by atoms with Crippen molar-refractivity contribution >= 4 is 5.91 Å². The van der Waals surface area contributed by atoms with Crippen LogP contribution in [0.1, 0.15) is 38.7 Å². The van der Waals surface area contributed by atoms with E-state index in [4.69, 9.17) is 5.73 Å². The summed E-state index contributed by atoms with van der Waals surface area (Å²) in [5, 5.41) is 0. The number of nitrogens with two attached hydrogens (primary N) is 1. The van der Waals surface area contributed by atoms with Crippen LogP contribution in [-0.4, -0.2) is 30.4 Å². The van der Waals surface area contributed by atoms with E-state index in [1.54, 1.807) is 0 Å². The van der Waals surface area contributed by atoms with E-state index in [-0.39, 0.29) is 11.3 Å². The van der Waals surface area contributed by atoms with Crippen molar-refractivity contribution in [1.29, 1.82) is 0 Å². The zero-order valence-corrected chi connectivity index (χ0v) is 12.6. The molecule has 0 unspecified atom stereocenters. The van der Waals surface area contributed by atoms with Gasteiger partial charge in [0.2, 0.25) is 5.91 Å². The van der Waals surface area contributed by atoms with Crippen LogP contribution in [0.2, 0.25) is 0 Å². The van der Waals surface area contributed by atoms with Gasteiger partial charge in [0.25, 0.3) is 0 Å².